The third-order valence-electron chi connectivity index (χ3n) is 33.5. The zero-order valence-corrected chi connectivity index (χ0v) is 75.7. The summed E-state index contributed by atoms with van der Waals surface area (Å²) in [4.78, 5) is 32.9. The smallest absolute Gasteiger partial charge is 0.870 e. The number of aromatic hydroxyl groups is 1. The molecule has 20 atom stereocenters. The van der Waals surface area contributed by atoms with Crippen LogP contribution >= 0.6 is 11.6 Å². The molecule has 0 radical (unpaired) electrons. The molecule has 0 heterocycles. The van der Waals surface area contributed by atoms with Gasteiger partial charge in [-0.2, -0.15) is 0 Å². The molecule has 10 aliphatic carbocycles. The predicted molar refractivity (Wildman–Crippen MR) is 444 cm³/mol. The molecule has 13 nitrogen and oxygen atoms in total. The van der Waals surface area contributed by atoms with Crippen molar-refractivity contribution in [1.29, 1.82) is 0 Å². The number of fused-ring (bicyclic) bond motifs is 14. The van der Waals surface area contributed by atoms with E-state index in [4.69, 9.17) is 36.0 Å². The van der Waals surface area contributed by atoms with Crippen LogP contribution in [0.2, 0.25) is 0 Å². The molecular weight excluding hydrogens is 1420 g/mol. The maximum absolute atomic E-state index is 13.3. The Morgan fingerprint density at radius 2 is 0.865 bits per heavy atom. The molecule has 7 N–H and O–H groups in total. The van der Waals surface area contributed by atoms with E-state index in [0.717, 1.165) is 89.5 Å². The van der Waals surface area contributed by atoms with Crippen LogP contribution in [0.3, 0.4) is 0 Å². The van der Waals surface area contributed by atoms with Crippen LogP contribution in [0.5, 0.6) is 17.2 Å². The number of aliphatic hydroxyl groups excluding tert-OH is 3. The van der Waals surface area contributed by atoms with Crippen molar-refractivity contribution in [3.05, 3.63) is 112 Å². The molecule has 0 aliphatic heterocycles. The number of halogens is 1. The minimum absolute atomic E-state index is 0. The number of hydrogen-bond donors (Lipinski definition) is 6. The zero-order chi connectivity index (χ0) is 80.9. The van der Waals surface area contributed by atoms with Crippen LogP contribution in [0.25, 0.3) is 0 Å². The molecule has 10 saturated carbocycles. The number of alkyl halides is 1. The van der Waals surface area contributed by atoms with Gasteiger partial charge in [-0.1, -0.05) is 171 Å². The summed E-state index contributed by atoms with van der Waals surface area (Å²) in [5.74, 6) is 6.67. The van der Waals surface area contributed by atoms with Crippen LogP contribution in [0.1, 0.15) is 304 Å². The fraction of sp³-hybridized carbons (Fsp3) is 0.740. The number of esters is 1. The number of phenolic OH excluding ortho intramolecular Hbond substituents is 1. The first kappa shape index (κ1) is 94.2. The van der Waals surface area contributed by atoms with E-state index in [9.17, 15) is 34.8 Å². The van der Waals surface area contributed by atoms with Gasteiger partial charge in [-0.15, -0.1) is 11.6 Å². The summed E-state index contributed by atoms with van der Waals surface area (Å²) in [6.45, 7) is 57.9. The SMILES string of the molecule is C=C(C)[C@@H]1CC[C@]2(CO)CC[C@]3(C)C(CCC4[C@@]5(C)CC[C@H](O)C(C)(C)C5CC[C@]43C)C12.C=C(C)[C@@H]1CC[C@]2(COC(=O)COc3cc(C)ccc3C(C)C)CC[C@]3(C)C(CCC4[C@@]5(C)CC[C@H](O)C(C)(C)C5CC[C@]43C)C12.Cc1ccc(C(C)C)c(O)c1.Cc1ccc(C(C)C)c(OCC(=O)O)c1.O=C(O)CCl.[Na+].[OH-]. The Morgan fingerprint density at radius 1 is 0.486 bits per heavy atom. The number of carboxylic acid groups (broad SMARTS) is 2. The fourth-order valence-corrected chi connectivity index (χ4v) is 27.2. The average molecular weight is 1570 g/mol. The van der Waals surface area contributed by atoms with E-state index in [0.29, 0.717) is 106 Å². The van der Waals surface area contributed by atoms with Gasteiger partial charge in [0, 0.05) is 12.0 Å². The van der Waals surface area contributed by atoms with Gasteiger partial charge in [-0.25, -0.2) is 9.59 Å². The van der Waals surface area contributed by atoms with Crippen molar-refractivity contribution in [2.45, 2.75) is 304 Å². The quantitative estimate of drug-likeness (QED) is 0.0360. The number of aliphatic carboxylic acids is 2. The second kappa shape index (κ2) is 36.1. The predicted octanol–water partition coefficient (Wildman–Crippen LogP) is 19.6. The maximum Gasteiger partial charge on any atom is 1.00 e. The van der Waals surface area contributed by atoms with E-state index in [1.54, 1.807) is 6.07 Å². The largest absolute Gasteiger partial charge is 1.00 e. The number of allylic oxidation sites excluding steroid dienone is 2. The van der Waals surface area contributed by atoms with Crippen molar-refractivity contribution in [1.82, 2.24) is 0 Å². The van der Waals surface area contributed by atoms with E-state index in [-0.39, 0.29) is 110 Å². The third-order valence-corrected chi connectivity index (χ3v) is 33.7. The van der Waals surface area contributed by atoms with Gasteiger partial charge in [0.1, 0.15) is 23.1 Å². The van der Waals surface area contributed by atoms with Gasteiger partial charge in [0.2, 0.25) is 0 Å². The fourth-order valence-electron chi connectivity index (χ4n) is 27.2. The number of ether oxygens (including phenoxy) is 3. The second-order valence-corrected chi connectivity index (χ2v) is 41.0. The van der Waals surface area contributed by atoms with Crippen LogP contribution < -0.4 is 39.0 Å². The molecule has 3 aromatic rings. The molecule has 15 heteroatoms. The number of phenols is 1. The van der Waals surface area contributed by atoms with Crippen LogP contribution in [-0.2, 0) is 19.1 Å². The van der Waals surface area contributed by atoms with E-state index in [2.05, 4.69) is 157 Å². The van der Waals surface area contributed by atoms with Crippen LogP contribution in [0.15, 0.2) is 78.9 Å². The minimum atomic E-state index is -0.980. The monoisotopic (exact) mass is 1570 g/mol. The molecule has 0 bridgehead atoms. The van der Waals surface area contributed by atoms with E-state index in [1.165, 1.54) is 101 Å². The van der Waals surface area contributed by atoms with Crippen molar-refractivity contribution in [2.75, 3.05) is 32.3 Å². The number of carbonyl (C=O) groups is 3. The minimum Gasteiger partial charge on any atom is -0.870 e. The van der Waals surface area contributed by atoms with Crippen molar-refractivity contribution in [2.24, 2.45) is 113 Å². The Bertz CT molecular complexity index is 3730. The number of hydrogen-bond acceptors (Lipinski definition) is 11. The average Bonchev–Trinajstić information content (AvgIpc) is 1.63. The third kappa shape index (κ3) is 17.8. The molecule has 0 saturated heterocycles. The van der Waals surface area contributed by atoms with Gasteiger partial charge in [0.05, 0.1) is 18.8 Å². The maximum atomic E-state index is 13.3. The molecule has 618 valence electrons. The molecule has 0 aromatic heterocycles. The Morgan fingerprint density at radius 3 is 1.24 bits per heavy atom. The number of benzene rings is 3. The van der Waals surface area contributed by atoms with Crippen molar-refractivity contribution >= 4 is 29.5 Å². The van der Waals surface area contributed by atoms with Gasteiger partial charge in [-0.05, 0) is 340 Å². The first-order valence-corrected chi connectivity index (χ1v) is 43.0. The van der Waals surface area contributed by atoms with Crippen molar-refractivity contribution < 1.29 is 94.3 Å². The van der Waals surface area contributed by atoms with Crippen molar-refractivity contribution in [3.8, 4) is 17.2 Å². The van der Waals surface area contributed by atoms with E-state index >= 15 is 0 Å². The number of aryl methyl sites for hydroxylation is 3. The summed E-state index contributed by atoms with van der Waals surface area (Å²) >= 11 is 4.74. The zero-order valence-electron chi connectivity index (χ0n) is 72.9. The van der Waals surface area contributed by atoms with Gasteiger partial charge in [0.15, 0.2) is 13.2 Å². The standard InChI is InChI=1S/C42H64O4.C30H50O2.C12H16O3.C10H14O.C2H3ClO2.Na.H2O/c1-26(2)29-12-11-28(5)23-32(29)45-24-36(44)46-25-42-20-15-30(27(3)4)37(42)31-13-14-34-39(8)18-17-35(43)38(6,7)33(39)16-19-41(34,10)40(31,9)21-22-42;1-19(2)20-10-15-30(18-31)17-16-28(6)21(25(20)30)8-9-23-27(5)13-12-24(32)26(3,4)22(27)11-14-29(23,28)7;1-8(2)10-5-4-9(3)6-11(10)15-7-12(13)14;1-7(2)9-5-4-8(3)6-10(9)11;3-1-2(4)5;;/h11-12,23,26,30-31,33-35,37,43H,3,13-22,24-25H2,1-2,4-10H3;20-25,31-32H,1,8-18H2,2-7H3;4-6,8H,7H2,1-3H3,(H,13,14);4-7,11H,1-3H3;1H2,(H,4,5);;1H2/q;;;;;+1;/p-1/t30-,31?,33?,34?,35-,37?,39-,40+,41+,42+;20-,21?,22?,23?,24-,25?,27-,28+,29+,30+;;;;;/m00...../s1. The van der Waals surface area contributed by atoms with Crippen LogP contribution in [-0.4, -0.2) is 98.5 Å². The molecular formula is C96H148ClNaO13. The molecule has 10 fully saturated rings. The Labute approximate surface area is 697 Å². The van der Waals surface area contributed by atoms with E-state index < -0.39 is 11.9 Å². The van der Waals surface area contributed by atoms with Gasteiger partial charge in [-0.3, -0.25) is 4.79 Å². The molecule has 0 spiro atoms. The Balaban J connectivity index is 0.000000226. The number of aliphatic hydroxyl groups is 3. The van der Waals surface area contributed by atoms with E-state index in [1.807, 2.05) is 50.2 Å². The summed E-state index contributed by atoms with van der Waals surface area (Å²) in [5.41, 5.74) is 11.2. The van der Waals surface area contributed by atoms with Crippen LogP contribution in [0.4, 0.5) is 0 Å². The topological polar surface area (TPSA) is 230 Å². The normalized spacial score (nSPS) is 36.8. The first-order valence-electron chi connectivity index (χ1n) is 42.5. The van der Waals surface area contributed by atoms with Gasteiger partial charge < -0.3 is 50.3 Å². The Kier molecular flexibility index (Phi) is 30.7. The van der Waals surface area contributed by atoms with Crippen LogP contribution in [0, 0.1) is 134 Å². The molecule has 3 aromatic carbocycles. The van der Waals surface area contributed by atoms with Gasteiger partial charge >= 0.3 is 47.5 Å². The molecule has 8 unspecified atom stereocenters. The number of carboxylic acids is 2. The summed E-state index contributed by atoms with van der Waals surface area (Å²) in [6, 6.07) is 17.9. The number of carbonyl (C=O) groups excluding carboxylic acids is 1. The summed E-state index contributed by atoms with van der Waals surface area (Å²) in [5, 5.41) is 58.2. The first-order chi connectivity index (χ1) is 50.8. The van der Waals surface area contributed by atoms with Gasteiger partial charge in [0.25, 0.3) is 0 Å². The molecule has 111 heavy (non-hydrogen) atoms. The molecule has 0 amide bonds. The van der Waals surface area contributed by atoms with Crippen molar-refractivity contribution in [3.63, 3.8) is 0 Å². The summed E-state index contributed by atoms with van der Waals surface area (Å²) in [6.07, 6.45) is 23.8. The Hall–Kier alpha value is -3.92. The molecule has 10 aliphatic rings. The number of rotatable bonds is 15. The molecule has 13 rings (SSSR count). The summed E-state index contributed by atoms with van der Waals surface area (Å²) in [7, 11) is 0. The second-order valence-electron chi connectivity index (χ2n) is 40.8. The summed E-state index contributed by atoms with van der Waals surface area (Å²) < 4.78 is 17.5.